The van der Waals surface area contributed by atoms with Gasteiger partial charge in [0.15, 0.2) is 5.01 Å². The first-order chi connectivity index (χ1) is 9.32. The summed E-state index contributed by atoms with van der Waals surface area (Å²) < 4.78 is 39.5. The van der Waals surface area contributed by atoms with Gasteiger partial charge in [-0.15, -0.1) is 11.3 Å². The molecule has 0 aliphatic rings. The molecule has 1 aromatic heterocycles. The third kappa shape index (κ3) is 3.50. The van der Waals surface area contributed by atoms with Gasteiger partial charge in [0, 0.05) is 19.1 Å². The Morgan fingerprint density at radius 1 is 1.40 bits per heavy atom. The molecule has 0 saturated carbocycles. The van der Waals surface area contributed by atoms with Crippen LogP contribution in [0.15, 0.2) is 28.9 Å². The lowest BCUT2D eigenvalue weighted by atomic mass is 10.1. The van der Waals surface area contributed by atoms with E-state index in [1.54, 1.807) is 0 Å². The van der Waals surface area contributed by atoms with Gasteiger partial charge >= 0.3 is 6.18 Å². The van der Waals surface area contributed by atoms with Crippen LogP contribution in [0.2, 0.25) is 0 Å². The van der Waals surface area contributed by atoms with Crippen LogP contribution in [0.25, 0.3) is 0 Å². The molecule has 1 aromatic carbocycles. The van der Waals surface area contributed by atoms with E-state index in [1.165, 1.54) is 6.20 Å². The first kappa shape index (κ1) is 16.1. The van der Waals surface area contributed by atoms with Crippen molar-refractivity contribution in [3.8, 4) is 0 Å². The van der Waals surface area contributed by atoms with E-state index in [0.717, 1.165) is 13.6 Å². The zero-order valence-electron chi connectivity index (χ0n) is 9.71. The van der Waals surface area contributed by atoms with Gasteiger partial charge < -0.3 is 0 Å². The Bertz CT molecular complexity index is 617. The zero-order valence-corrected chi connectivity index (χ0v) is 14.3. The summed E-state index contributed by atoms with van der Waals surface area (Å²) in [5, 5.41) is -0.877. The van der Waals surface area contributed by atoms with Gasteiger partial charge in [0.05, 0.1) is 6.04 Å². The molecule has 9 heteroatoms. The third-order valence-corrected chi connectivity index (χ3v) is 5.07. The molecule has 0 aliphatic carbocycles. The summed E-state index contributed by atoms with van der Waals surface area (Å²) in [7, 11) is 0. The van der Waals surface area contributed by atoms with Crippen LogP contribution >= 0.6 is 49.9 Å². The lowest BCUT2D eigenvalue weighted by molar-refractivity contribution is -0.137. The van der Waals surface area contributed by atoms with Crippen molar-refractivity contribution < 1.29 is 13.2 Å². The molecule has 0 aliphatic heterocycles. The fourth-order valence-electron chi connectivity index (χ4n) is 1.61. The maximum Gasteiger partial charge on any atom is 0.443 e. The lowest BCUT2D eigenvalue weighted by Crippen LogP contribution is -2.28. The Hall–Kier alpha value is -0.230. The Labute approximate surface area is 139 Å². The van der Waals surface area contributed by atoms with Crippen molar-refractivity contribution in [2.24, 2.45) is 5.84 Å². The molecule has 2 aromatic rings. The molecule has 3 N–H and O–H groups in total. The van der Waals surface area contributed by atoms with Crippen molar-refractivity contribution in [3.63, 3.8) is 0 Å². The highest BCUT2D eigenvalue weighted by molar-refractivity contribution is 14.1. The molecule has 108 valence electrons. The number of nitrogens with one attached hydrogen (secondary N) is 1. The number of alkyl halides is 3. The van der Waals surface area contributed by atoms with Gasteiger partial charge in [-0.05, 0) is 46.4 Å². The lowest BCUT2D eigenvalue weighted by Gasteiger charge is -2.16. The van der Waals surface area contributed by atoms with Crippen LogP contribution in [0.1, 0.15) is 21.5 Å². The molecule has 0 amide bonds. The summed E-state index contributed by atoms with van der Waals surface area (Å²) in [5.74, 6) is 5.50. The Morgan fingerprint density at radius 2 is 2.10 bits per heavy atom. The topological polar surface area (TPSA) is 50.9 Å². The van der Waals surface area contributed by atoms with Crippen molar-refractivity contribution in [2.75, 3.05) is 0 Å². The third-order valence-electron chi connectivity index (χ3n) is 2.49. The van der Waals surface area contributed by atoms with E-state index in [4.69, 9.17) is 5.84 Å². The number of rotatable bonds is 3. The van der Waals surface area contributed by atoms with Crippen LogP contribution < -0.4 is 11.3 Å². The van der Waals surface area contributed by atoms with Crippen molar-refractivity contribution in [3.05, 3.63) is 47.9 Å². The van der Waals surface area contributed by atoms with Crippen LogP contribution in [0.3, 0.4) is 0 Å². The highest BCUT2D eigenvalue weighted by Gasteiger charge is 2.35. The fourth-order valence-corrected chi connectivity index (χ4v) is 3.50. The standard InChI is InChI=1S/C11H8BrF3IN3S/c12-5-1-2-7(16)6(3-5)9(19-17)8-4-18-10(20-8)11(13,14)15/h1-4,9,19H,17H2. The average molecular weight is 478 g/mol. The highest BCUT2D eigenvalue weighted by Crippen LogP contribution is 2.37. The van der Waals surface area contributed by atoms with Gasteiger partial charge in [0.1, 0.15) is 0 Å². The fraction of sp³-hybridized carbons (Fsp3) is 0.182. The minimum absolute atomic E-state index is 0.413. The van der Waals surface area contributed by atoms with Crippen LogP contribution in [0.4, 0.5) is 13.2 Å². The number of halogens is 5. The van der Waals surface area contributed by atoms with Gasteiger partial charge in [-0.3, -0.25) is 5.84 Å². The molecular weight excluding hydrogens is 470 g/mol. The van der Waals surface area contributed by atoms with Gasteiger partial charge in [-0.2, -0.15) is 13.2 Å². The van der Waals surface area contributed by atoms with Crippen molar-refractivity contribution in [1.29, 1.82) is 0 Å². The molecule has 0 spiro atoms. The van der Waals surface area contributed by atoms with E-state index in [1.807, 2.05) is 18.2 Å². The van der Waals surface area contributed by atoms with E-state index in [2.05, 4.69) is 48.9 Å². The molecule has 0 fully saturated rings. The molecule has 0 bridgehead atoms. The maximum absolute atomic E-state index is 12.6. The molecule has 1 heterocycles. The van der Waals surface area contributed by atoms with Crippen molar-refractivity contribution in [1.82, 2.24) is 10.4 Å². The van der Waals surface area contributed by atoms with Gasteiger partial charge in [0.2, 0.25) is 0 Å². The van der Waals surface area contributed by atoms with E-state index in [0.29, 0.717) is 16.2 Å². The monoisotopic (exact) mass is 477 g/mol. The van der Waals surface area contributed by atoms with Gasteiger partial charge in [-0.25, -0.2) is 10.4 Å². The predicted molar refractivity (Wildman–Crippen MR) is 83.1 cm³/mol. The number of benzene rings is 1. The Balaban J connectivity index is 2.42. The summed E-state index contributed by atoms with van der Waals surface area (Å²) in [5.41, 5.74) is 3.34. The number of nitrogens with two attached hydrogens (primary N) is 1. The van der Waals surface area contributed by atoms with Crippen LogP contribution in [-0.4, -0.2) is 4.98 Å². The maximum atomic E-state index is 12.6. The number of thiazole rings is 1. The number of nitrogens with zero attached hydrogens (tertiary/aromatic N) is 1. The van der Waals surface area contributed by atoms with Crippen LogP contribution in [-0.2, 0) is 6.18 Å². The first-order valence-corrected chi connectivity index (χ1v) is 7.95. The second-order valence-electron chi connectivity index (χ2n) is 3.83. The number of hydrogen-bond donors (Lipinski definition) is 2. The Kier molecular flexibility index (Phi) is 5.05. The number of aromatic nitrogens is 1. The quantitative estimate of drug-likeness (QED) is 0.398. The molecule has 1 unspecified atom stereocenters. The van der Waals surface area contributed by atoms with Gasteiger partial charge in [-0.1, -0.05) is 15.9 Å². The molecule has 2 rings (SSSR count). The number of hydrogen-bond acceptors (Lipinski definition) is 4. The number of hydrazine groups is 1. The van der Waals surface area contributed by atoms with Crippen molar-refractivity contribution in [2.45, 2.75) is 12.2 Å². The van der Waals surface area contributed by atoms with Crippen LogP contribution in [0.5, 0.6) is 0 Å². The molecular formula is C11H8BrF3IN3S. The summed E-state index contributed by atoms with van der Waals surface area (Å²) in [6.07, 6.45) is -3.23. The SMILES string of the molecule is NNC(c1cnc(C(F)(F)F)s1)c1cc(Br)ccc1I. The Morgan fingerprint density at radius 3 is 2.65 bits per heavy atom. The first-order valence-electron chi connectivity index (χ1n) is 5.27. The normalized spacial score (nSPS) is 13.5. The van der Waals surface area contributed by atoms with Gasteiger partial charge in [0.25, 0.3) is 0 Å². The highest BCUT2D eigenvalue weighted by atomic mass is 127. The second-order valence-corrected chi connectivity index (χ2v) is 6.97. The largest absolute Gasteiger partial charge is 0.443 e. The average Bonchev–Trinajstić information content (AvgIpc) is 2.84. The van der Waals surface area contributed by atoms with E-state index in [9.17, 15) is 13.2 Å². The van der Waals surface area contributed by atoms with Crippen molar-refractivity contribution >= 4 is 49.9 Å². The molecule has 3 nitrogen and oxygen atoms in total. The summed E-state index contributed by atoms with van der Waals surface area (Å²) in [6.45, 7) is 0. The summed E-state index contributed by atoms with van der Waals surface area (Å²) in [6, 6.07) is 5.00. The predicted octanol–water partition coefficient (Wildman–Crippen LogP) is 4.08. The minimum atomic E-state index is -4.44. The summed E-state index contributed by atoms with van der Waals surface area (Å²) >= 11 is 6.03. The minimum Gasteiger partial charge on any atom is -0.271 e. The molecule has 20 heavy (non-hydrogen) atoms. The van der Waals surface area contributed by atoms with E-state index >= 15 is 0 Å². The van der Waals surface area contributed by atoms with E-state index in [-0.39, 0.29) is 0 Å². The molecule has 0 radical (unpaired) electrons. The summed E-state index contributed by atoms with van der Waals surface area (Å²) in [4.78, 5) is 3.83. The molecule has 1 atom stereocenters. The van der Waals surface area contributed by atoms with Crippen LogP contribution in [0, 0.1) is 3.57 Å². The smallest absolute Gasteiger partial charge is 0.271 e. The molecule has 0 saturated heterocycles. The van der Waals surface area contributed by atoms with E-state index < -0.39 is 17.2 Å². The zero-order chi connectivity index (χ0) is 14.9. The second kappa shape index (κ2) is 6.26.